The van der Waals surface area contributed by atoms with Crippen molar-refractivity contribution in [3.05, 3.63) is 110 Å². The van der Waals surface area contributed by atoms with Gasteiger partial charge in [0, 0.05) is 33.1 Å². The van der Waals surface area contributed by atoms with Crippen molar-refractivity contribution in [3.8, 4) is 11.3 Å². The summed E-state index contributed by atoms with van der Waals surface area (Å²) >= 11 is 3.51. The zero-order valence-corrected chi connectivity index (χ0v) is 26.1. The Balaban J connectivity index is 1.18. The molecule has 7 rings (SSSR count). The number of aromatic nitrogens is 1. The summed E-state index contributed by atoms with van der Waals surface area (Å²) in [6, 6.07) is 17.3. The number of carbonyl (C=O) groups excluding carboxylic acids is 4. The Hall–Kier alpha value is -5.03. The van der Waals surface area contributed by atoms with Crippen molar-refractivity contribution in [2.24, 2.45) is 23.7 Å². The van der Waals surface area contributed by atoms with E-state index in [9.17, 15) is 29.3 Å². The molecule has 3 aromatic carbocycles. The number of nitro benzene ring substituents is 1. The third-order valence-electron chi connectivity index (χ3n) is 9.18. The number of hydrogen-bond acceptors (Lipinski definition) is 8. The number of hydrogen-bond donors (Lipinski definition) is 0. The Morgan fingerprint density at radius 2 is 1.63 bits per heavy atom. The summed E-state index contributed by atoms with van der Waals surface area (Å²) in [7, 11) is 0. The summed E-state index contributed by atoms with van der Waals surface area (Å²) < 4.78 is 6.20. The van der Waals surface area contributed by atoms with Crippen molar-refractivity contribution >= 4 is 61.8 Å². The normalized spacial score (nSPS) is 21.2. The number of ketones is 1. The number of imide groups is 1. The number of ether oxygens (including phenoxy) is 1. The number of nitro groups is 1. The number of pyridine rings is 1. The maximum Gasteiger partial charge on any atom is 0.339 e. The van der Waals surface area contributed by atoms with Gasteiger partial charge >= 0.3 is 5.97 Å². The molecule has 1 aliphatic heterocycles. The van der Waals surface area contributed by atoms with Crippen LogP contribution in [0.15, 0.2) is 83.4 Å². The zero-order valence-electron chi connectivity index (χ0n) is 24.5. The van der Waals surface area contributed by atoms with Gasteiger partial charge in [0.1, 0.15) is 0 Å². The molecule has 4 atom stereocenters. The average Bonchev–Trinajstić information content (AvgIpc) is 3.76. The standard InChI is InChI=1S/C35H26BrN3O7/c1-2-18-14-23(36)15-26-27(35(43)46-17-29(40)20-7-11-25(12-8-20)39(44)45)16-28(37-32(18)26)19-5-9-24(10-6-19)38-33(41)30-21-3-4-22(13-21)31(30)34(38)42/h3-12,14-16,21-22,30-31H,2,13,17H2,1H3. The van der Waals surface area contributed by atoms with Crippen LogP contribution in [0, 0.1) is 33.8 Å². The SMILES string of the molecule is CCc1cc(Br)cc2c(C(=O)OCC(=O)c3ccc([N+](=O)[O-])cc3)cc(-c3ccc(N4C(=O)C5C6C=CC(C6)C5C4=O)cc3)nc12. The minimum Gasteiger partial charge on any atom is -0.454 e. The van der Waals surface area contributed by atoms with Crippen molar-refractivity contribution in [2.75, 3.05) is 11.5 Å². The lowest BCUT2D eigenvalue weighted by Crippen LogP contribution is -2.32. The number of aryl methyl sites for hydroxylation is 1. The van der Waals surface area contributed by atoms with E-state index in [4.69, 9.17) is 9.72 Å². The molecule has 10 nitrogen and oxygen atoms in total. The van der Waals surface area contributed by atoms with Crippen LogP contribution in [0.1, 0.15) is 39.6 Å². The van der Waals surface area contributed by atoms with Crippen molar-refractivity contribution in [2.45, 2.75) is 19.8 Å². The first kappa shape index (κ1) is 29.7. The lowest BCUT2D eigenvalue weighted by molar-refractivity contribution is -0.384. The molecule has 1 saturated heterocycles. The first-order valence-corrected chi connectivity index (χ1v) is 15.7. The van der Waals surface area contributed by atoms with Crippen LogP contribution in [0.4, 0.5) is 11.4 Å². The molecule has 3 aliphatic rings. The number of esters is 1. The van der Waals surface area contributed by atoms with Gasteiger partial charge in [-0.1, -0.05) is 47.1 Å². The van der Waals surface area contributed by atoms with E-state index in [0.29, 0.717) is 34.3 Å². The second kappa shape index (κ2) is 11.4. The Bertz CT molecular complexity index is 1980. The fourth-order valence-corrected chi connectivity index (χ4v) is 7.45. The Morgan fingerprint density at radius 3 is 2.24 bits per heavy atom. The number of anilines is 1. The van der Waals surface area contributed by atoms with Crippen LogP contribution >= 0.6 is 15.9 Å². The molecule has 2 heterocycles. The van der Waals surface area contributed by atoms with Gasteiger partial charge in [-0.2, -0.15) is 0 Å². The van der Waals surface area contributed by atoms with Gasteiger partial charge in [-0.3, -0.25) is 29.4 Å². The van der Waals surface area contributed by atoms with Gasteiger partial charge in [-0.15, -0.1) is 0 Å². The largest absolute Gasteiger partial charge is 0.454 e. The van der Waals surface area contributed by atoms with Gasteiger partial charge in [0.25, 0.3) is 5.69 Å². The van der Waals surface area contributed by atoms with Crippen molar-refractivity contribution in [1.82, 2.24) is 4.98 Å². The Labute approximate surface area is 271 Å². The lowest BCUT2D eigenvalue weighted by atomic mass is 9.85. The van der Waals surface area contributed by atoms with Gasteiger partial charge in [-0.05, 0) is 72.7 Å². The van der Waals surface area contributed by atoms with Crippen LogP contribution in [0.5, 0.6) is 0 Å². The smallest absolute Gasteiger partial charge is 0.339 e. The molecule has 0 spiro atoms. The maximum absolute atomic E-state index is 13.5. The average molecular weight is 681 g/mol. The summed E-state index contributed by atoms with van der Waals surface area (Å²) in [4.78, 5) is 69.4. The molecule has 230 valence electrons. The van der Waals surface area contributed by atoms with Crippen LogP contribution in [0.2, 0.25) is 0 Å². The predicted octanol–water partition coefficient (Wildman–Crippen LogP) is 6.49. The van der Waals surface area contributed by atoms with Crippen LogP contribution in [-0.2, 0) is 20.7 Å². The van der Waals surface area contributed by atoms with Crippen LogP contribution < -0.4 is 4.90 Å². The number of rotatable bonds is 8. The molecule has 0 N–H and O–H groups in total. The van der Waals surface area contributed by atoms with Crippen LogP contribution in [0.3, 0.4) is 0 Å². The molecule has 2 aliphatic carbocycles. The third-order valence-corrected chi connectivity index (χ3v) is 9.64. The number of non-ortho nitro benzene ring substituents is 1. The molecule has 0 radical (unpaired) electrons. The molecular formula is C35H26BrN3O7. The highest BCUT2D eigenvalue weighted by atomic mass is 79.9. The summed E-state index contributed by atoms with van der Waals surface area (Å²) in [5, 5.41) is 11.5. The lowest BCUT2D eigenvalue weighted by Gasteiger charge is -2.18. The summed E-state index contributed by atoms with van der Waals surface area (Å²) in [5.74, 6) is -1.91. The molecule has 2 fully saturated rings. The van der Waals surface area contributed by atoms with Crippen molar-refractivity contribution in [1.29, 1.82) is 0 Å². The second-order valence-electron chi connectivity index (χ2n) is 11.7. The number of Topliss-reactive ketones (excluding diaryl/α,β-unsaturated/α-hetero) is 1. The number of carbonyl (C=O) groups is 4. The number of amides is 2. The van der Waals surface area contributed by atoms with E-state index in [1.807, 2.05) is 13.0 Å². The first-order valence-electron chi connectivity index (χ1n) is 14.9. The van der Waals surface area contributed by atoms with E-state index in [0.717, 1.165) is 16.5 Å². The first-order chi connectivity index (χ1) is 22.1. The minimum atomic E-state index is -0.733. The molecule has 46 heavy (non-hydrogen) atoms. The summed E-state index contributed by atoms with van der Waals surface area (Å²) in [6.07, 6.45) is 5.62. The molecule has 4 unspecified atom stereocenters. The van der Waals surface area contributed by atoms with Gasteiger partial charge < -0.3 is 4.74 Å². The molecule has 11 heteroatoms. The number of benzene rings is 3. The van der Waals surface area contributed by atoms with E-state index in [2.05, 4.69) is 28.1 Å². The summed E-state index contributed by atoms with van der Waals surface area (Å²) in [5.41, 5.74) is 3.35. The van der Waals surface area contributed by atoms with Gasteiger partial charge in [0.2, 0.25) is 11.8 Å². The maximum atomic E-state index is 13.5. The van der Waals surface area contributed by atoms with Crippen molar-refractivity contribution in [3.63, 3.8) is 0 Å². The van der Waals surface area contributed by atoms with Gasteiger partial charge in [0.15, 0.2) is 12.4 Å². The van der Waals surface area contributed by atoms with E-state index in [1.54, 1.807) is 36.4 Å². The van der Waals surface area contributed by atoms with E-state index in [-0.39, 0.29) is 52.3 Å². The predicted molar refractivity (Wildman–Crippen MR) is 172 cm³/mol. The van der Waals surface area contributed by atoms with E-state index >= 15 is 0 Å². The van der Waals surface area contributed by atoms with E-state index in [1.165, 1.54) is 29.2 Å². The molecule has 1 saturated carbocycles. The topological polar surface area (TPSA) is 137 Å². The fraction of sp³-hybridized carbons (Fsp3) is 0.229. The molecule has 2 amide bonds. The second-order valence-corrected chi connectivity index (χ2v) is 12.6. The monoisotopic (exact) mass is 679 g/mol. The van der Waals surface area contributed by atoms with Crippen molar-refractivity contribution < 1.29 is 28.8 Å². The van der Waals surface area contributed by atoms with E-state index < -0.39 is 23.3 Å². The summed E-state index contributed by atoms with van der Waals surface area (Å²) in [6.45, 7) is 1.42. The third kappa shape index (κ3) is 4.91. The highest BCUT2D eigenvalue weighted by Gasteiger charge is 2.59. The molecule has 2 bridgehead atoms. The minimum absolute atomic E-state index is 0.118. The Morgan fingerprint density at radius 1 is 0.978 bits per heavy atom. The highest BCUT2D eigenvalue weighted by molar-refractivity contribution is 9.10. The highest BCUT2D eigenvalue weighted by Crippen LogP contribution is 2.53. The van der Waals surface area contributed by atoms with Crippen LogP contribution in [0.25, 0.3) is 22.2 Å². The number of fused-ring (bicyclic) bond motifs is 6. The quantitative estimate of drug-likeness (QED) is 0.0515. The zero-order chi connectivity index (χ0) is 32.3. The number of allylic oxidation sites excluding steroid dienone is 2. The molecule has 4 aromatic rings. The van der Waals surface area contributed by atoms with Gasteiger partial charge in [-0.25, -0.2) is 9.78 Å². The van der Waals surface area contributed by atoms with Gasteiger partial charge in [0.05, 0.1) is 39.2 Å². The molecule has 1 aromatic heterocycles. The number of nitrogens with zero attached hydrogens (tertiary/aromatic N) is 3. The number of halogens is 1. The molecular weight excluding hydrogens is 654 g/mol. The van der Waals surface area contributed by atoms with Crippen LogP contribution in [-0.4, -0.2) is 40.1 Å². The fourth-order valence-electron chi connectivity index (χ4n) is 6.95. The Kier molecular flexibility index (Phi) is 7.35.